The average Bonchev–Trinajstić information content (AvgIpc) is 2.83. The van der Waals surface area contributed by atoms with Gasteiger partial charge in [-0.3, -0.25) is 0 Å². The molecule has 0 aliphatic heterocycles. The standard InChI is InChI=1S/C17H30N2/c1-4-8-16(9-5-2)18-19(3)17-12-14-10-6-7-11-15(14)13-17/h6,10,12,14-16,18H,4-5,7-9,11,13H2,1-3H3. The first-order valence-electron chi connectivity index (χ1n) is 8.11. The van der Waals surface area contributed by atoms with Crippen molar-refractivity contribution < 1.29 is 0 Å². The van der Waals surface area contributed by atoms with Crippen LogP contribution in [0.4, 0.5) is 0 Å². The maximum absolute atomic E-state index is 3.71. The molecule has 2 heteroatoms. The summed E-state index contributed by atoms with van der Waals surface area (Å²) in [5.41, 5.74) is 5.21. The van der Waals surface area contributed by atoms with E-state index in [0.717, 1.165) is 5.92 Å². The van der Waals surface area contributed by atoms with Crippen LogP contribution in [0, 0.1) is 11.8 Å². The lowest BCUT2D eigenvalue weighted by atomic mass is 9.86. The van der Waals surface area contributed by atoms with Gasteiger partial charge < -0.3 is 5.01 Å². The molecule has 0 radical (unpaired) electrons. The van der Waals surface area contributed by atoms with Crippen LogP contribution in [0.15, 0.2) is 23.9 Å². The van der Waals surface area contributed by atoms with Crippen LogP contribution in [-0.4, -0.2) is 18.1 Å². The van der Waals surface area contributed by atoms with Crippen LogP contribution in [0.1, 0.15) is 58.8 Å². The molecule has 0 amide bonds. The van der Waals surface area contributed by atoms with Gasteiger partial charge in [-0.1, -0.05) is 44.9 Å². The third-order valence-electron chi connectivity index (χ3n) is 4.54. The van der Waals surface area contributed by atoms with E-state index in [1.807, 2.05) is 0 Å². The summed E-state index contributed by atoms with van der Waals surface area (Å²) in [4.78, 5) is 0. The zero-order valence-electron chi connectivity index (χ0n) is 12.9. The van der Waals surface area contributed by atoms with E-state index in [4.69, 9.17) is 0 Å². The van der Waals surface area contributed by atoms with Crippen molar-refractivity contribution in [2.75, 3.05) is 7.05 Å². The summed E-state index contributed by atoms with van der Waals surface area (Å²) >= 11 is 0. The van der Waals surface area contributed by atoms with E-state index in [2.05, 4.69) is 49.6 Å². The summed E-state index contributed by atoms with van der Waals surface area (Å²) in [6.07, 6.45) is 16.2. The minimum atomic E-state index is 0.638. The second-order valence-electron chi connectivity index (χ2n) is 6.17. The monoisotopic (exact) mass is 262 g/mol. The van der Waals surface area contributed by atoms with Crippen molar-refractivity contribution in [1.82, 2.24) is 10.4 Å². The summed E-state index contributed by atoms with van der Waals surface area (Å²) in [5, 5.41) is 2.31. The fraction of sp³-hybridized carbons (Fsp3) is 0.765. The number of hydrogen-bond donors (Lipinski definition) is 1. The van der Waals surface area contributed by atoms with Gasteiger partial charge in [0.1, 0.15) is 0 Å². The first-order chi connectivity index (χ1) is 9.24. The Kier molecular flexibility index (Phi) is 5.50. The van der Waals surface area contributed by atoms with Gasteiger partial charge in [-0.05, 0) is 43.9 Å². The normalized spacial score (nSPS) is 25.6. The molecule has 0 fully saturated rings. The fourth-order valence-electron chi connectivity index (χ4n) is 3.48. The first kappa shape index (κ1) is 14.6. The lowest BCUT2D eigenvalue weighted by molar-refractivity contribution is 0.223. The maximum Gasteiger partial charge on any atom is 0.0262 e. The van der Waals surface area contributed by atoms with Crippen LogP contribution in [0.25, 0.3) is 0 Å². The molecule has 19 heavy (non-hydrogen) atoms. The van der Waals surface area contributed by atoms with Crippen LogP contribution >= 0.6 is 0 Å². The van der Waals surface area contributed by atoms with E-state index >= 15 is 0 Å². The third-order valence-corrected chi connectivity index (χ3v) is 4.54. The van der Waals surface area contributed by atoms with E-state index in [9.17, 15) is 0 Å². The summed E-state index contributed by atoms with van der Waals surface area (Å²) in [6.45, 7) is 4.55. The van der Waals surface area contributed by atoms with Crippen LogP contribution in [-0.2, 0) is 0 Å². The molecule has 2 aliphatic carbocycles. The fourth-order valence-corrected chi connectivity index (χ4v) is 3.48. The highest BCUT2D eigenvalue weighted by atomic mass is 15.5. The molecule has 1 N–H and O–H groups in total. The van der Waals surface area contributed by atoms with Crippen LogP contribution in [0.2, 0.25) is 0 Å². The Morgan fingerprint density at radius 3 is 2.68 bits per heavy atom. The van der Waals surface area contributed by atoms with Crippen molar-refractivity contribution in [2.24, 2.45) is 11.8 Å². The summed E-state index contributed by atoms with van der Waals surface area (Å²) in [6, 6.07) is 0.638. The Morgan fingerprint density at radius 1 is 1.32 bits per heavy atom. The van der Waals surface area contributed by atoms with Gasteiger partial charge >= 0.3 is 0 Å². The minimum absolute atomic E-state index is 0.638. The topological polar surface area (TPSA) is 15.3 Å². The van der Waals surface area contributed by atoms with Crippen molar-refractivity contribution in [1.29, 1.82) is 0 Å². The Balaban J connectivity index is 1.89. The average molecular weight is 262 g/mol. The van der Waals surface area contributed by atoms with E-state index in [1.54, 1.807) is 0 Å². The summed E-state index contributed by atoms with van der Waals surface area (Å²) in [5.74, 6) is 1.56. The molecule has 0 spiro atoms. The predicted octanol–water partition coefficient (Wildman–Crippen LogP) is 4.26. The largest absolute Gasteiger partial charge is 0.316 e. The van der Waals surface area contributed by atoms with Gasteiger partial charge in [0.25, 0.3) is 0 Å². The van der Waals surface area contributed by atoms with Gasteiger partial charge in [0.2, 0.25) is 0 Å². The van der Waals surface area contributed by atoms with E-state index < -0.39 is 0 Å². The molecule has 0 aromatic heterocycles. The Bertz CT molecular complexity index is 326. The molecule has 2 rings (SSSR count). The molecule has 2 nitrogen and oxygen atoms in total. The number of allylic oxidation sites excluding steroid dienone is 4. The van der Waals surface area contributed by atoms with E-state index in [0.29, 0.717) is 12.0 Å². The molecule has 2 unspecified atom stereocenters. The Hall–Kier alpha value is -0.760. The quantitative estimate of drug-likeness (QED) is 0.545. The van der Waals surface area contributed by atoms with E-state index in [-0.39, 0.29) is 0 Å². The second kappa shape index (κ2) is 7.14. The van der Waals surface area contributed by atoms with Crippen molar-refractivity contribution in [2.45, 2.75) is 64.8 Å². The van der Waals surface area contributed by atoms with Gasteiger partial charge in [0, 0.05) is 18.8 Å². The number of nitrogens with zero attached hydrogens (tertiary/aromatic N) is 1. The molecular weight excluding hydrogens is 232 g/mol. The highest BCUT2D eigenvalue weighted by molar-refractivity contribution is 5.19. The zero-order chi connectivity index (χ0) is 13.7. The Morgan fingerprint density at radius 2 is 2.05 bits per heavy atom. The summed E-state index contributed by atoms with van der Waals surface area (Å²) in [7, 11) is 2.20. The molecule has 2 atom stereocenters. The molecular formula is C17H30N2. The number of rotatable bonds is 7. The summed E-state index contributed by atoms with van der Waals surface area (Å²) < 4.78 is 0. The molecule has 0 saturated heterocycles. The number of hydrazine groups is 1. The minimum Gasteiger partial charge on any atom is -0.316 e. The Labute approximate surface area is 118 Å². The molecule has 0 saturated carbocycles. The van der Waals surface area contributed by atoms with Crippen molar-refractivity contribution in [3.05, 3.63) is 23.9 Å². The molecule has 0 aromatic rings. The molecule has 2 aliphatic rings. The highest BCUT2D eigenvalue weighted by Gasteiger charge is 2.29. The molecule has 108 valence electrons. The van der Waals surface area contributed by atoms with Crippen molar-refractivity contribution in [3.8, 4) is 0 Å². The lowest BCUT2D eigenvalue weighted by Gasteiger charge is -2.28. The maximum atomic E-state index is 3.71. The second-order valence-corrected chi connectivity index (χ2v) is 6.17. The predicted molar refractivity (Wildman–Crippen MR) is 82.6 cm³/mol. The van der Waals surface area contributed by atoms with Gasteiger partial charge in [0.05, 0.1) is 0 Å². The van der Waals surface area contributed by atoms with Gasteiger partial charge in [-0.15, -0.1) is 0 Å². The smallest absolute Gasteiger partial charge is 0.0262 e. The molecule has 0 bridgehead atoms. The van der Waals surface area contributed by atoms with Crippen LogP contribution < -0.4 is 5.43 Å². The SMILES string of the molecule is CCCC(CCC)NN(C)C1=CC2C=CCCC2C1. The number of hydrogen-bond acceptors (Lipinski definition) is 2. The van der Waals surface area contributed by atoms with Gasteiger partial charge in [0.15, 0.2) is 0 Å². The molecule has 0 heterocycles. The molecule has 0 aromatic carbocycles. The van der Waals surface area contributed by atoms with Crippen LogP contribution in [0.5, 0.6) is 0 Å². The third kappa shape index (κ3) is 3.85. The van der Waals surface area contributed by atoms with E-state index in [1.165, 1.54) is 50.6 Å². The highest BCUT2D eigenvalue weighted by Crippen LogP contribution is 2.38. The zero-order valence-corrected chi connectivity index (χ0v) is 12.9. The lowest BCUT2D eigenvalue weighted by Crippen LogP contribution is -2.41. The van der Waals surface area contributed by atoms with Gasteiger partial charge in [-0.25, -0.2) is 5.43 Å². The number of fused-ring (bicyclic) bond motifs is 1. The number of nitrogens with one attached hydrogen (secondary N) is 1. The van der Waals surface area contributed by atoms with Gasteiger partial charge in [-0.2, -0.15) is 0 Å². The first-order valence-corrected chi connectivity index (χ1v) is 8.11. The van der Waals surface area contributed by atoms with Crippen molar-refractivity contribution in [3.63, 3.8) is 0 Å². The van der Waals surface area contributed by atoms with Crippen LogP contribution in [0.3, 0.4) is 0 Å². The van der Waals surface area contributed by atoms with Crippen molar-refractivity contribution >= 4 is 0 Å².